The number of hydrogen-bond donors (Lipinski definition) is 0. The molecule has 0 radical (unpaired) electrons. The number of rotatable bonds is 10. The van der Waals surface area contributed by atoms with Crippen molar-refractivity contribution in [1.29, 1.82) is 0 Å². The smallest absolute Gasteiger partial charge is 0.0623 e. The van der Waals surface area contributed by atoms with E-state index < -0.39 is 16.1 Å². The Morgan fingerprint density at radius 3 is 0.632 bits per heavy atom. The maximum Gasteiger partial charge on any atom is 0.179 e. The fourth-order valence-electron chi connectivity index (χ4n) is 11.3. The molecule has 0 aliphatic carbocycles. The van der Waals surface area contributed by atoms with Gasteiger partial charge in [0.05, 0.1) is 0 Å². The SMILES string of the molecule is Cc1cc2c(-c3cccc([Si](c4ccccc4)(c4ccccc4)c4ccccc4)c3)c3cc(C)c(C)cc3c(-c3cccc([Si](c4ccccc4)(c4ccccc4)c4ccccc4)c3)c2cc1C. The molecule has 0 aromatic heterocycles. The Balaban J connectivity index is 1.22. The van der Waals surface area contributed by atoms with Crippen LogP contribution in [0.1, 0.15) is 22.3 Å². The molecule has 68 heavy (non-hydrogen) atoms. The van der Waals surface area contributed by atoms with Crippen LogP contribution in [0.4, 0.5) is 0 Å². The van der Waals surface area contributed by atoms with Gasteiger partial charge in [0.1, 0.15) is 0 Å². The average molecular weight is 903 g/mol. The third kappa shape index (κ3) is 7.11. The molecule has 0 fully saturated rings. The van der Waals surface area contributed by atoms with Gasteiger partial charge in [0.25, 0.3) is 0 Å². The van der Waals surface area contributed by atoms with Gasteiger partial charge in [-0.2, -0.15) is 0 Å². The van der Waals surface area contributed by atoms with E-state index in [9.17, 15) is 0 Å². The molecule has 0 heterocycles. The van der Waals surface area contributed by atoms with Crippen molar-refractivity contribution in [1.82, 2.24) is 0 Å². The Kier molecular flexibility index (Phi) is 11.3. The third-order valence-corrected chi connectivity index (χ3v) is 24.3. The molecule has 0 aliphatic rings. The highest BCUT2D eigenvalue weighted by Crippen LogP contribution is 2.45. The van der Waals surface area contributed by atoms with Gasteiger partial charge in [-0.25, -0.2) is 0 Å². The highest BCUT2D eigenvalue weighted by molar-refractivity contribution is 7.20. The summed E-state index contributed by atoms with van der Waals surface area (Å²) in [5.41, 5.74) is 10.3. The van der Waals surface area contributed by atoms with Gasteiger partial charge in [-0.15, -0.1) is 0 Å². The number of aryl methyl sites for hydroxylation is 4. The van der Waals surface area contributed by atoms with Gasteiger partial charge >= 0.3 is 0 Å². The van der Waals surface area contributed by atoms with Gasteiger partial charge < -0.3 is 0 Å². The van der Waals surface area contributed by atoms with Gasteiger partial charge in [-0.05, 0) is 135 Å². The molecule has 0 spiro atoms. The second-order valence-corrected chi connectivity index (χ2v) is 26.2. The van der Waals surface area contributed by atoms with Crippen molar-refractivity contribution in [2.45, 2.75) is 27.7 Å². The van der Waals surface area contributed by atoms with Crippen molar-refractivity contribution in [3.63, 3.8) is 0 Å². The maximum atomic E-state index is 2.55. The molecule has 0 N–H and O–H groups in total. The highest BCUT2D eigenvalue weighted by atomic mass is 28.3. The molecule has 0 unspecified atom stereocenters. The number of hydrogen-bond acceptors (Lipinski definition) is 0. The summed E-state index contributed by atoms with van der Waals surface area (Å²) in [6.07, 6.45) is 0. The summed E-state index contributed by atoms with van der Waals surface area (Å²) in [6, 6.07) is 96.9. The summed E-state index contributed by atoms with van der Waals surface area (Å²) in [4.78, 5) is 0. The Morgan fingerprint density at radius 2 is 0.412 bits per heavy atom. The molecule has 11 aromatic rings. The standard InChI is InChI=1S/C66H54Si2/c1-47-41-61-62(42-48(47)2)66(52-26-24-40-60(46-52)68(56-33-17-8-18-34-56,57-35-19-9-20-36-57)58-37-21-10-22-38-58)64-44-50(4)49(3)43-63(64)65(61)51-25-23-39-59(45-51)67(53-27-11-5-12-28-53,54-29-13-6-14-30-54)55-31-15-7-16-32-55/h5-46H,1-4H3. The lowest BCUT2D eigenvalue weighted by atomic mass is 9.83. The Bertz CT molecular complexity index is 3070. The van der Waals surface area contributed by atoms with Gasteiger partial charge in [0.2, 0.25) is 0 Å². The van der Waals surface area contributed by atoms with Crippen molar-refractivity contribution in [2.75, 3.05) is 0 Å². The predicted molar refractivity (Wildman–Crippen MR) is 299 cm³/mol. The molecule has 0 aliphatic heterocycles. The van der Waals surface area contributed by atoms with Crippen LogP contribution in [0.2, 0.25) is 0 Å². The summed E-state index contributed by atoms with van der Waals surface area (Å²) in [5.74, 6) is 0. The van der Waals surface area contributed by atoms with Gasteiger partial charge in [0, 0.05) is 0 Å². The van der Waals surface area contributed by atoms with Crippen LogP contribution < -0.4 is 41.5 Å². The van der Waals surface area contributed by atoms with E-state index >= 15 is 0 Å². The van der Waals surface area contributed by atoms with Crippen LogP contribution in [0.15, 0.2) is 255 Å². The minimum Gasteiger partial charge on any atom is -0.0623 e. The number of fused-ring (bicyclic) bond motifs is 2. The molecule has 0 bridgehead atoms. The molecule has 2 heteroatoms. The van der Waals surface area contributed by atoms with Crippen LogP contribution in [-0.4, -0.2) is 16.1 Å². The van der Waals surface area contributed by atoms with Crippen molar-refractivity contribution < 1.29 is 0 Å². The predicted octanol–water partition coefficient (Wildman–Crippen LogP) is 11.3. The normalized spacial score (nSPS) is 11.8. The zero-order chi connectivity index (χ0) is 46.2. The molecule has 0 saturated heterocycles. The molecule has 0 amide bonds. The summed E-state index contributed by atoms with van der Waals surface area (Å²) >= 11 is 0. The van der Waals surface area contributed by atoms with Crippen LogP contribution in [0.3, 0.4) is 0 Å². The largest absolute Gasteiger partial charge is 0.179 e. The molecule has 0 atom stereocenters. The van der Waals surface area contributed by atoms with Gasteiger partial charge in [0.15, 0.2) is 16.1 Å². The van der Waals surface area contributed by atoms with E-state index in [0.717, 1.165) is 0 Å². The molecular weight excluding hydrogens is 849 g/mol. The van der Waals surface area contributed by atoms with Crippen LogP contribution in [0.5, 0.6) is 0 Å². The summed E-state index contributed by atoms with van der Waals surface area (Å²) in [6.45, 7) is 9.10. The van der Waals surface area contributed by atoms with Crippen molar-refractivity contribution in [3.05, 3.63) is 277 Å². The first kappa shape index (κ1) is 43.0. The second-order valence-electron chi connectivity index (χ2n) is 18.6. The van der Waals surface area contributed by atoms with Crippen LogP contribution in [0, 0.1) is 27.7 Å². The van der Waals surface area contributed by atoms with Crippen molar-refractivity contribution >= 4 is 79.2 Å². The van der Waals surface area contributed by atoms with Crippen molar-refractivity contribution in [3.8, 4) is 22.3 Å². The topological polar surface area (TPSA) is 0 Å². The molecule has 11 rings (SSSR count). The van der Waals surface area contributed by atoms with E-state index in [0.29, 0.717) is 0 Å². The first-order valence-corrected chi connectivity index (χ1v) is 27.9. The number of benzene rings is 11. The Morgan fingerprint density at radius 1 is 0.206 bits per heavy atom. The van der Waals surface area contributed by atoms with Crippen LogP contribution >= 0.6 is 0 Å². The fraction of sp³-hybridized carbons (Fsp3) is 0.0606. The molecule has 11 aromatic carbocycles. The third-order valence-electron chi connectivity index (χ3n) is 14.8. The maximum absolute atomic E-state index is 2.81. The van der Waals surface area contributed by atoms with Gasteiger partial charge in [-0.3, -0.25) is 0 Å². The molecule has 0 saturated carbocycles. The fourth-order valence-corrected chi connectivity index (χ4v) is 20.9. The lowest BCUT2D eigenvalue weighted by Gasteiger charge is -2.35. The quantitative estimate of drug-likeness (QED) is 0.0729. The van der Waals surface area contributed by atoms with E-state index in [-0.39, 0.29) is 0 Å². The van der Waals surface area contributed by atoms with E-state index in [1.54, 1.807) is 0 Å². The Hall–Kier alpha value is -7.63. The van der Waals surface area contributed by atoms with Crippen LogP contribution in [-0.2, 0) is 0 Å². The monoisotopic (exact) mass is 902 g/mol. The van der Waals surface area contributed by atoms with E-state index in [1.165, 1.54) is 108 Å². The zero-order valence-electron chi connectivity index (χ0n) is 39.2. The van der Waals surface area contributed by atoms with E-state index in [4.69, 9.17) is 0 Å². The highest BCUT2D eigenvalue weighted by Gasteiger charge is 2.43. The lowest BCUT2D eigenvalue weighted by molar-refractivity contribution is 1.36. The summed E-state index contributed by atoms with van der Waals surface area (Å²) in [7, 11) is -5.61. The van der Waals surface area contributed by atoms with Crippen LogP contribution in [0.25, 0.3) is 43.8 Å². The minimum absolute atomic E-state index is 1.24. The molecular formula is C66H54Si2. The van der Waals surface area contributed by atoms with E-state index in [2.05, 4.69) is 282 Å². The zero-order valence-corrected chi connectivity index (χ0v) is 41.2. The first-order valence-electron chi connectivity index (χ1n) is 23.9. The average Bonchev–Trinajstić information content (AvgIpc) is 3.39. The first-order chi connectivity index (χ1) is 33.4. The lowest BCUT2D eigenvalue weighted by Crippen LogP contribution is -2.74. The van der Waals surface area contributed by atoms with Gasteiger partial charge in [-0.1, -0.05) is 255 Å². The Labute approximate surface area is 403 Å². The summed E-state index contributed by atoms with van der Waals surface area (Å²) in [5, 5.41) is 16.1. The molecule has 326 valence electrons. The second kappa shape index (κ2) is 17.9. The summed E-state index contributed by atoms with van der Waals surface area (Å²) < 4.78 is 0. The van der Waals surface area contributed by atoms with Crippen molar-refractivity contribution in [2.24, 2.45) is 0 Å². The minimum atomic E-state index is -2.81. The molecule has 0 nitrogen and oxygen atoms in total. The van der Waals surface area contributed by atoms with E-state index in [1.807, 2.05) is 0 Å².